The van der Waals surface area contributed by atoms with Crippen LogP contribution in [-0.2, 0) is 29.1 Å². The molecule has 3 aliphatic rings. The van der Waals surface area contributed by atoms with Gasteiger partial charge in [-0.25, -0.2) is 0 Å². The van der Waals surface area contributed by atoms with Gasteiger partial charge < -0.3 is 10.6 Å². The van der Waals surface area contributed by atoms with E-state index in [-0.39, 0.29) is 18.7 Å². The fourth-order valence-electron chi connectivity index (χ4n) is 4.96. The van der Waals surface area contributed by atoms with Gasteiger partial charge in [0, 0.05) is 25.6 Å². The van der Waals surface area contributed by atoms with Gasteiger partial charge in [-0.3, -0.25) is 29.4 Å². The maximum absolute atomic E-state index is 13.2. The van der Waals surface area contributed by atoms with E-state index >= 15 is 0 Å². The fraction of sp³-hybridized carbons (Fsp3) is 0.360. The second kappa shape index (κ2) is 8.88. The van der Waals surface area contributed by atoms with Crippen molar-refractivity contribution in [2.75, 3.05) is 6.54 Å². The molecule has 8 heteroatoms. The number of fused-ring (bicyclic) bond motifs is 2. The van der Waals surface area contributed by atoms with Crippen LogP contribution in [0.15, 0.2) is 42.5 Å². The molecule has 3 heterocycles. The van der Waals surface area contributed by atoms with Crippen LogP contribution >= 0.6 is 0 Å². The van der Waals surface area contributed by atoms with Crippen molar-refractivity contribution in [2.45, 2.75) is 50.9 Å². The monoisotopic (exact) mass is 446 g/mol. The van der Waals surface area contributed by atoms with Crippen molar-refractivity contribution in [1.82, 2.24) is 20.9 Å². The lowest BCUT2D eigenvalue weighted by molar-refractivity contribution is -0.136. The predicted octanol–water partition coefficient (Wildman–Crippen LogP) is 1.28. The summed E-state index contributed by atoms with van der Waals surface area (Å²) >= 11 is 0. The minimum Gasteiger partial charge on any atom is -0.313 e. The molecule has 3 N–H and O–H groups in total. The predicted molar refractivity (Wildman–Crippen MR) is 120 cm³/mol. The summed E-state index contributed by atoms with van der Waals surface area (Å²) in [7, 11) is 0. The van der Waals surface area contributed by atoms with E-state index in [2.05, 4.69) is 40.2 Å². The second-order valence-corrected chi connectivity index (χ2v) is 8.80. The third kappa shape index (κ3) is 4.07. The molecule has 33 heavy (non-hydrogen) atoms. The molecule has 0 aromatic heterocycles. The summed E-state index contributed by atoms with van der Waals surface area (Å²) in [5.74, 6) is -1.92. The van der Waals surface area contributed by atoms with E-state index < -0.39 is 23.8 Å². The highest BCUT2D eigenvalue weighted by atomic mass is 16.2. The average molecular weight is 447 g/mol. The molecule has 0 bridgehead atoms. The van der Waals surface area contributed by atoms with Crippen LogP contribution in [0.1, 0.15) is 56.7 Å². The van der Waals surface area contributed by atoms with Gasteiger partial charge in [-0.05, 0) is 48.6 Å². The first-order valence-electron chi connectivity index (χ1n) is 11.4. The standard InChI is InChI=1S/C25H26N4O4/c30-21-9-8-20(23(31)28-21)29-24(32)19-7-3-6-17(22(19)25(29)33)13-26-11-10-18-12-15-4-1-2-5-16(15)14-27-18/h1-7,18,20,26-27H,8-14H2,(H,28,30,31). The number of nitrogens with one attached hydrogen (secondary N) is 3. The van der Waals surface area contributed by atoms with Crippen molar-refractivity contribution in [3.05, 3.63) is 70.3 Å². The molecule has 2 aromatic carbocycles. The summed E-state index contributed by atoms with van der Waals surface area (Å²) in [6.45, 7) is 2.09. The van der Waals surface area contributed by atoms with Gasteiger partial charge in [0.1, 0.15) is 6.04 Å². The van der Waals surface area contributed by atoms with Crippen LogP contribution in [0.2, 0.25) is 0 Å². The van der Waals surface area contributed by atoms with E-state index in [0.29, 0.717) is 23.7 Å². The zero-order valence-electron chi connectivity index (χ0n) is 18.2. The zero-order valence-corrected chi connectivity index (χ0v) is 18.2. The highest BCUT2D eigenvalue weighted by Gasteiger charge is 2.45. The smallest absolute Gasteiger partial charge is 0.262 e. The number of imide groups is 2. The first kappa shape index (κ1) is 21.5. The summed E-state index contributed by atoms with van der Waals surface area (Å²) in [6, 6.07) is 13.1. The maximum atomic E-state index is 13.2. The minimum absolute atomic E-state index is 0.109. The van der Waals surface area contributed by atoms with Crippen LogP contribution in [0.25, 0.3) is 0 Å². The number of amides is 4. The molecule has 8 nitrogen and oxygen atoms in total. The van der Waals surface area contributed by atoms with Crippen molar-refractivity contribution in [3.63, 3.8) is 0 Å². The first-order valence-corrected chi connectivity index (χ1v) is 11.4. The van der Waals surface area contributed by atoms with Gasteiger partial charge in [0.05, 0.1) is 11.1 Å². The van der Waals surface area contributed by atoms with Gasteiger partial charge in [-0.1, -0.05) is 36.4 Å². The quantitative estimate of drug-likeness (QED) is 0.456. The summed E-state index contributed by atoms with van der Waals surface area (Å²) in [4.78, 5) is 50.8. The van der Waals surface area contributed by atoms with Crippen molar-refractivity contribution < 1.29 is 19.2 Å². The van der Waals surface area contributed by atoms with Gasteiger partial charge in [0.15, 0.2) is 0 Å². The molecule has 2 aromatic rings. The Morgan fingerprint density at radius 3 is 2.61 bits per heavy atom. The SMILES string of the molecule is O=C1CCC(N2C(=O)c3cccc(CNCCC4Cc5ccccc5CN4)c3C2=O)C(=O)N1. The number of carbonyl (C=O) groups is 4. The topological polar surface area (TPSA) is 108 Å². The Kier molecular flexibility index (Phi) is 5.78. The molecule has 0 aliphatic carbocycles. The number of rotatable bonds is 6. The van der Waals surface area contributed by atoms with Gasteiger partial charge in [0.2, 0.25) is 11.8 Å². The molecule has 4 amide bonds. The lowest BCUT2D eigenvalue weighted by atomic mass is 9.94. The summed E-state index contributed by atoms with van der Waals surface area (Å²) in [5.41, 5.74) is 4.15. The van der Waals surface area contributed by atoms with Crippen molar-refractivity contribution >= 4 is 23.6 Å². The maximum Gasteiger partial charge on any atom is 0.262 e. The van der Waals surface area contributed by atoms with Crippen LogP contribution < -0.4 is 16.0 Å². The highest BCUT2D eigenvalue weighted by Crippen LogP contribution is 2.30. The number of carbonyl (C=O) groups excluding carboxylic acids is 4. The largest absolute Gasteiger partial charge is 0.313 e. The molecule has 1 fully saturated rings. The molecule has 170 valence electrons. The normalized spacial score (nSPS) is 22.2. The van der Waals surface area contributed by atoms with Gasteiger partial charge in [-0.15, -0.1) is 0 Å². The van der Waals surface area contributed by atoms with E-state index in [4.69, 9.17) is 0 Å². The van der Waals surface area contributed by atoms with E-state index in [1.54, 1.807) is 12.1 Å². The van der Waals surface area contributed by atoms with Gasteiger partial charge in [-0.2, -0.15) is 0 Å². The summed E-state index contributed by atoms with van der Waals surface area (Å²) < 4.78 is 0. The Morgan fingerprint density at radius 1 is 0.970 bits per heavy atom. The van der Waals surface area contributed by atoms with E-state index in [1.165, 1.54) is 11.1 Å². The molecule has 5 rings (SSSR count). The molecular weight excluding hydrogens is 420 g/mol. The molecule has 1 saturated heterocycles. The van der Waals surface area contributed by atoms with Crippen molar-refractivity contribution in [2.24, 2.45) is 0 Å². The lowest BCUT2D eigenvalue weighted by Gasteiger charge is -2.27. The van der Waals surface area contributed by atoms with Crippen LogP contribution in [0.4, 0.5) is 0 Å². The molecule has 2 unspecified atom stereocenters. The van der Waals surface area contributed by atoms with Crippen LogP contribution in [0.5, 0.6) is 0 Å². The molecule has 0 saturated carbocycles. The number of hydrogen-bond acceptors (Lipinski definition) is 6. The molecular formula is C25H26N4O4. The van der Waals surface area contributed by atoms with E-state index in [9.17, 15) is 19.2 Å². The Hall–Kier alpha value is -3.36. The number of benzene rings is 2. The molecule has 2 atom stereocenters. The van der Waals surface area contributed by atoms with Crippen LogP contribution in [0.3, 0.4) is 0 Å². The van der Waals surface area contributed by atoms with Crippen molar-refractivity contribution in [3.8, 4) is 0 Å². The minimum atomic E-state index is -0.948. The van der Waals surface area contributed by atoms with Crippen LogP contribution in [0, 0.1) is 0 Å². The third-order valence-electron chi connectivity index (χ3n) is 6.71. The van der Waals surface area contributed by atoms with E-state index in [0.717, 1.165) is 36.4 Å². The third-order valence-corrected chi connectivity index (χ3v) is 6.71. The van der Waals surface area contributed by atoms with Gasteiger partial charge >= 0.3 is 0 Å². The Bertz CT molecular complexity index is 1140. The number of piperidine rings is 1. The van der Waals surface area contributed by atoms with E-state index in [1.807, 2.05) is 6.07 Å². The average Bonchev–Trinajstić information content (AvgIpc) is 3.07. The van der Waals surface area contributed by atoms with Crippen LogP contribution in [-0.4, -0.2) is 47.2 Å². The molecule has 0 radical (unpaired) electrons. The number of nitrogens with zero attached hydrogens (tertiary/aromatic N) is 1. The Morgan fingerprint density at radius 2 is 1.79 bits per heavy atom. The second-order valence-electron chi connectivity index (χ2n) is 8.80. The molecule has 0 spiro atoms. The molecule has 3 aliphatic heterocycles. The first-order chi connectivity index (χ1) is 16.0. The van der Waals surface area contributed by atoms with Gasteiger partial charge in [0.25, 0.3) is 11.8 Å². The Labute approximate surface area is 191 Å². The highest BCUT2D eigenvalue weighted by molar-refractivity contribution is 6.24. The fourth-order valence-corrected chi connectivity index (χ4v) is 4.96. The summed E-state index contributed by atoms with van der Waals surface area (Å²) in [6.07, 6.45) is 2.20. The van der Waals surface area contributed by atoms with Crippen molar-refractivity contribution in [1.29, 1.82) is 0 Å². The Balaban J connectivity index is 1.22. The number of hydrogen-bond donors (Lipinski definition) is 3. The summed E-state index contributed by atoms with van der Waals surface area (Å²) in [5, 5.41) is 9.20. The zero-order chi connectivity index (χ0) is 22.9. The lowest BCUT2D eigenvalue weighted by Crippen LogP contribution is -2.54.